The van der Waals surface area contributed by atoms with E-state index >= 15 is 0 Å². The lowest BCUT2D eigenvalue weighted by Crippen LogP contribution is -2.47. The first-order valence-corrected chi connectivity index (χ1v) is 8.28. The summed E-state index contributed by atoms with van der Waals surface area (Å²) in [4.78, 5) is 24.8. The molecule has 2 aliphatic rings. The molecular weight excluding hydrogens is 296 g/mol. The summed E-state index contributed by atoms with van der Waals surface area (Å²) < 4.78 is 5.25. The van der Waals surface area contributed by atoms with Crippen LogP contribution in [0.4, 0.5) is 4.79 Å². The Hall–Kier alpha value is -2.11. The Bertz CT molecular complexity index is 557. The third-order valence-corrected chi connectivity index (χ3v) is 4.98. The fourth-order valence-electron chi connectivity index (χ4n) is 3.87. The lowest BCUT2D eigenvalue weighted by atomic mass is 9.82. The minimum atomic E-state index is -0.420. The number of nitrogens with zero attached hydrogens (tertiary/aromatic N) is 2. The molecule has 1 aromatic carbocycles. The summed E-state index contributed by atoms with van der Waals surface area (Å²) in [6, 6.07) is 9.04. The third kappa shape index (κ3) is 3.46. The van der Waals surface area contributed by atoms with Gasteiger partial charge in [0.05, 0.1) is 6.04 Å². The van der Waals surface area contributed by atoms with E-state index in [1.165, 1.54) is 6.42 Å². The first-order valence-electron chi connectivity index (χ1n) is 8.28. The van der Waals surface area contributed by atoms with Crippen molar-refractivity contribution in [3.8, 4) is 0 Å². The van der Waals surface area contributed by atoms with Crippen LogP contribution in [0.15, 0.2) is 30.3 Å². The van der Waals surface area contributed by atoms with Gasteiger partial charge in [-0.05, 0) is 24.3 Å². The van der Waals surface area contributed by atoms with E-state index in [1.807, 2.05) is 30.3 Å². The summed E-state index contributed by atoms with van der Waals surface area (Å²) in [6.07, 6.45) is 4.81. The van der Waals surface area contributed by atoms with Gasteiger partial charge in [0, 0.05) is 4.92 Å². The first-order chi connectivity index (χ1) is 11.2. The lowest BCUT2D eigenvalue weighted by molar-refractivity contribution is -0.488. The van der Waals surface area contributed by atoms with Crippen molar-refractivity contribution >= 4 is 6.09 Å². The molecule has 0 bridgehead atoms. The second kappa shape index (κ2) is 6.98. The highest BCUT2D eigenvalue weighted by atomic mass is 16.6. The normalized spacial score (nSPS) is 23.6. The Kier molecular flexibility index (Phi) is 4.79. The van der Waals surface area contributed by atoms with Gasteiger partial charge in [-0.1, -0.05) is 49.6 Å². The van der Waals surface area contributed by atoms with Gasteiger partial charge in [-0.2, -0.15) is 0 Å². The first kappa shape index (κ1) is 15.8. The predicted molar refractivity (Wildman–Crippen MR) is 84.6 cm³/mol. The number of cyclic esters (lactones) is 1. The maximum absolute atomic E-state index is 12.3. The third-order valence-electron chi connectivity index (χ3n) is 4.98. The van der Waals surface area contributed by atoms with Gasteiger partial charge in [-0.3, -0.25) is 15.0 Å². The van der Waals surface area contributed by atoms with Crippen molar-refractivity contribution < 1.29 is 14.5 Å². The van der Waals surface area contributed by atoms with Crippen molar-refractivity contribution in [2.24, 2.45) is 5.92 Å². The Balaban J connectivity index is 1.88. The molecule has 2 atom stereocenters. The fourth-order valence-corrected chi connectivity index (χ4v) is 3.87. The zero-order valence-corrected chi connectivity index (χ0v) is 13.1. The maximum atomic E-state index is 12.3. The molecule has 1 aliphatic carbocycles. The maximum Gasteiger partial charge on any atom is 0.410 e. The molecule has 0 radical (unpaired) electrons. The van der Waals surface area contributed by atoms with Gasteiger partial charge in [-0.25, -0.2) is 4.79 Å². The summed E-state index contributed by atoms with van der Waals surface area (Å²) in [7, 11) is 0. The number of hydrogen-bond donors (Lipinski definition) is 0. The van der Waals surface area contributed by atoms with Crippen LogP contribution in [0.2, 0.25) is 0 Å². The molecule has 0 aromatic heterocycles. The summed E-state index contributed by atoms with van der Waals surface area (Å²) in [5.74, 6) is 0.186. The van der Waals surface area contributed by atoms with Crippen LogP contribution in [0.5, 0.6) is 0 Å². The van der Waals surface area contributed by atoms with Crippen LogP contribution < -0.4 is 0 Å². The van der Waals surface area contributed by atoms with Gasteiger partial charge < -0.3 is 4.74 Å². The van der Waals surface area contributed by atoms with Gasteiger partial charge in [0.15, 0.2) is 0 Å². The largest absolute Gasteiger partial charge is 0.447 e. The van der Waals surface area contributed by atoms with Crippen LogP contribution in [-0.2, 0) is 4.74 Å². The monoisotopic (exact) mass is 318 g/mol. The smallest absolute Gasteiger partial charge is 0.410 e. The van der Waals surface area contributed by atoms with Gasteiger partial charge in [0.1, 0.15) is 12.6 Å². The van der Waals surface area contributed by atoms with E-state index in [2.05, 4.69) is 0 Å². The van der Waals surface area contributed by atoms with E-state index in [4.69, 9.17) is 4.74 Å². The summed E-state index contributed by atoms with van der Waals surface area (Å²) >= 11 is 0. The molecule has 124 valence electrons. The molecule has 1 saturated heterocycles. The molecule has 1 aromatic rings. The van der Waals surface area contributed by atoms with Crippen LogP contribution in [0.3, 0.4) is 0 Å². The molecule has 1 heterocycles. The number of benzene rings is 1. The van der Waals surface area contributed by atoms with Crippen LogP contribution in [0, 0.1) is 16.0 Å². The number of amides is 1. The average molecular weight is 318 g/mol. The van der Waals surface area contributed by atoms with Crippen molar-refractivity contribution in [3.05, 3.63) is 46.0 Å². The number of rotatable bonds is 5. The Morgan fingerprint density at radius 2 is 1.91 bits per heavy atom. The number of hydrogen-bond acceptors (Lipinski definition) is 4. The standard InChI is InChI=1S/C17H22N2O4/c20-17-19(16(12-23-17)14-9-5-2-6-10-14)15(11-18(21)22)13-7-3-1-4-8-13/h2,5-6,9-10,13,15-16H,1,3-4,7-8,11-12H2/t15-,16+/m0/s1. The fraction of sp³-hybridized carbons (Fsp3) is 0.588. The lowest BCUT2D eigenvalue weighted by Gasteiger charge is -2.35. The van der Waals surface area contributed by atoms with Gasteiger partial charge in [0.25, 0.3) is 0 Å². The van der Waals surface area contributed by atoms with Crippen LogP contribution >= 0.6 is 0 Å². The van der Waals surface area contributed by atoms with Gasteiger partial charge in [0.2, 0.25) is 6.54 Å². The predicted octanol–water partition coefficient (Wildman–Crippen LogP) is 3.41. The molecule has 2 fully saturated rings. The SMILES string of the molecule is O=C1OC[C@H](c2ccccc2)N1[C@@H](C[N+](=O)[O-])C1CCCCC1. The van der Waals surface area contributed by atoms with Crippen LogP contribution in [0.1, 0.15) is 43.7 Å². The molecular formula is C17H22N2O4. The number of ether oxygens (including phenoxy) is 1. The average Bonchev–Trinajstić information content (AvgIpc) is 2.95. The zero-order chi connectivity index (χ0) is 16.2. The summed E-state index contributed by atoms with van der Waals surface area (Å²) in [5.41, 5.74) is 0.975. The zero-order valence-electron chi connectivity index (χ0n) is 13.1. The number of nitro groups is 1. The van der Waals surface area contributed by atoms with E-state index < -0.39 is 6.09 Å². The molecule has 1 aliphatic heterocycles. The Morgan fingerprint density at radius 3 is 2.57 bits per heavy atom. The van der Waals surface area contributed by atoms with Crippen LogP contribution in [-0.4, -0.2) is 35.1 Å². The molecule has 1 saturated carbocycles. The Morgan fingerprint density at radius 1 is 1.22 bits per heavy atom. The van der Waals surface area contributed by atoms with Crippen LogP contribution in [0.25, 0.3) is 0 Å². The molecule has 3 rings (SSSR count). The topological polar surface area (TPSA) is 72.7 Å². The number of carbonyl (C=O) groups is 1. The van der Waals surface area contributed by atoms with E-state index in [0.29, 0.717) is 0 Å². The number of carbonyl (C=O) groups excluding carboxylic acids is 1. The highest BCUT2D eigenvalue weighted by Crippen LogP contribution is 2.36. The van der Waals surface area contributed by atoms with Crippen molar-refractivity contribution in [2.75, 3.05) is 13.2 Å². The van der Waals surface area contributed by atoms with Gasteiger partial charge >= 0.3 is 6.09 Å². The van der Waals surface area contributed by atoms with Crippen molar-refractivity contribution in [3.63, 3.8) is 0 Å². The van der Waals surface area contributed by atoms with E-state index in [9.17, 15) is 14.9 Å². The van der Waals surface area contributed by atoms with Crippen molar-refractivity contribution in [1.82, 2.24) is 4.90 Å². The molecule has 0 unspecified atom stereocenters. The minimum Gasteiger partial charge on any atom is -0.447 e. The second-order valence-electron chi connectivity index (χ2n) is 6.39. The quantitative estimate of drug-likeness (QED) is 0.616. The van der Waals surface area contributed by atoms with E-state index in [0.717, 1.165) is 31.2 Å². The second-order valence-corrected chi connectivity index (χ2v) is 6.39. The molecule has 6 heteroatoms. The Labute approximate surface area is 135 Å². The highest BCUT2D eigenvalue weighted by molar-refractivity contribution is 5.71. The van der Waals surface area contributed by atoms with E-state index in [-0.39, 0.29) is 36.1 Å². The molecule has 0 spiro atoms. The summed E-state index contributed by atoms with van der Waals surface area (Å²) in [6.45, 7) is 0.0624. The highest BCUT2D eigenvalue weighted by Gasteiger charge is 2.44. The van der Waals surface area contributed by atoms with E-state index in [1.54, 1.807) is 4.90 Å². The molecule has 6 nitrogen and oxygen atoms in total. The molecule has 1 amide bonds. The van der Waals surface area contributed by atoms with Gasteiger partial charge in [-0.15, -0.1) is 0 Å². The van der Waals surface area contributed by atoms with Crippen molar-refractivity contribution in [1.29, 1.82) is 0 Å². The minimum absolute atomic E-state index is 0.186. The van der Waals surface area contributed by atoms with Crippen molar-refractivity contribution in [2.45, 2.75) is 44.2 Å². The molecule has 23 heavy (non-hydrogen) atoms. The molecule has 0 N–H and O–H groups in total. The summed E-state index contributed by atoms with van der Waals surface area (Å²) in [5, 5.41) is 11.2.